The van der Waals surface area contributed by atoms with Crippen molar-refractivity contribution in [1.82, 2.24) is 15.0 Å². The lowest BCUT2D eigenvalue weighted by atomic mass is 10.0. The average Bonchev–Trinajstić information content (AvgIpc) is 2.67. The van der Waals surface area contributed by atoms with Crippen molar-refractivity contribution in [2.75, 3.05) is 0 Å². The van der Waals surface area contributed by atoms with Gasteiger partial charge in [-0.15, -0.1) is 0 Å². The number of hydrogen-bond donors (Lipinski definition) is 0. The molecule has 0 fully saturated rings. The normalized spacial score (nSPS) is 10.5. The molecular weight excluding hydrogens is 174 g/mol. The molecule has 0 amide bonds. The minimum absolute atomic E-state index is 1.05. The van der Waals surface area contributed by atoms with E-state index in [1.807, 2.05) is 0 Å². The first-order valence-electron chi connectivity index (χ1n) is 4.63. The quantitative estimate of drug-likeness (QED) is 0.685. The molecule has 0 N–H and O–H groups in total. The van der Waals surface area contributed by atoms with Crippen LogP contribution >= 0.6 is 0 Å². The van der Waals surface area contributed by atoms with Gasteiger partial charge < -0.3 is 0 Å². The molecule has 0 radical (unpaired) electrons. The molecule has 2 aromatic rings. The highest BCUT2D eigenvalue weighted by molar-refractivity contribution is 5.46. The molecule has 3 heteroatoms. The van der Waals surface area contributed by atoms with Crippen LogP contribution in [-0.2, 0) is 0 Å². The molecular formula is C11H13N3. The molecule has 0 unspecified atom stereocenters. The van der Waals surface area contributed by atoms with Gasteiger partial charge in [-0.2, -0.15) is 15.0 Å². The lowest BCUT2D eigenvalue weighted by Gasteiger charge is -2.09. The highest BCUT2D eigenvalue weighted by Gasteiger charge is 2.05. The number of nitrogens with zero attached hydrogens (tertiary/aromatic N) is 3. The van der Waals surface area contributed by atoms with Crippen LogP contribution in [0.2, 0.25) is 0 Å². The van der Waals surface area contributed by atoms with Gasteiger partial charge in [0.25, 0.3) is 0 Å². The van der Waals surface area contributed by atoms with E-state index in [1.54, 1.807) is 17.2 Å². The van der Waals surface area contributed by atoms with E-state index in [1.165, 1.54) is 16.7 Å². The standard InChI is InChI=1S/C11H13N3/c1-8-4-5-11(10(3)9(8)2)14-12-6-7-13-14/h4-7H,1-3H3. The van der Waals surface area contributed by atoms with E-state index in [-0.39, 0.29) is 0 Å². The molecule has 1 aromatic carbocycles. The van der Waals surface area contributed by atoms with Crippen LogP contribution in [0.3, 0.4) is 0 Å². The van der Waals surface area contributed by atoms with Gasteiger partial charge in [-0.1, -0.05) is 6.07 Å². The van der Waals surface area contributed by atoms with E-state index >= 15 is 0 Å². The fourth-order valence-corrected chi connectivity index (χ4v) is 1.50. The zero-order valence-corrected chi connectivity index (χ0v) is 8.65. The Bertz CT molecular complexity index is 444. The maximum absolute atomic E-state index is 4.12. The summed E-state index contributed by atoms with van der Waals surface area (Å²) in [5, 5.41) is 8.25. The second-order valence-corrected chi connectivity index (χ2v) is 3.47. The van der Waals surface area contributed by atoms with E-state index in [0.717, 1.165) is 5.69 Å². The zero-order valence-electron chi connectivity index (χ0n) is 8.65. The third-order valence-corrected chi connectivity index (χ3v) is 2.66. The Morgan fingerprint density at radius 1 is 0.929 bits per heavy atom. The molecule has 0 saturated heterocycles. The number of rotatable bonds is 1. The summed E-state index contributed by atoms with van der Waals surface area (Å²) in [6, 6.07) is 4.15. The summed E-state index contributed by atoms with van der Waals surface area (Å²) in [7, 11) is 0. The molecule has 0 saturated carbocycles. The Labute approximate surface area is 83.4 Å². The maximum Gasteiger partial charge on any atom is 0.0888 e. The molecule has 0 atom stereocenters. The molecule has 14 heavy (non-hydrogen) atoms. The van der Waals surface area contributed by atoms with Crippen molar-refractivity contribution >= 4 is 0 Å². The summed E-state index contributed by atoms with van der Waals surface area (Å²) < 4.78 is 0. The first-order chi connectivity index (χ1) is 6.70. The van der Waals surface area contributed by atoms with Crippen molar-refractivity contribution < 1.29 is 0 Å². The second kappa shape index (κ2) is 3.25. The largest absolute Gasteiger partial charge is 0.157 e. The summed E-state index contributed by atoms with van der Waals surface area (Å²) in [6.07, 6.45) is 3.38. The Hall–Kier alpha value is -1.64. The Morgan fingerprint density at radius 2 is 1.57 bits per heavy atom. The minimum atomic E-state index is 1.05. The Kier molecular flexibility index (Phi) is 2.08. The second-order valence-electron chi connectivity index (χ2n) is 3.47. The van der Waals surface area contributed by atoms with Crippen LogP contribution < -0.4 is 0 Å². The summed E-state index contributed by atoms with van der Waals surface area (Å²) >= 11 is 0. The SMILES string of the molecule is Cc1ccc(-n2nccn2)c(C)c1C. The van der Waals surface area contributed by atoms with Crippen molar-refractivity contribution in [2.24, 2.45) is 0 Å². The van der Waals surface area contributed by atoms with Gasteiger partial charge in [0.15, 0.2) is 0 Å². The summed E-state index contributed by atoms with van der Waals surface area (Å²) in [4.78, 5) is 1.65. The topological polar surface area (TPSA) is 30.7 Å². The van der Waals surface area contributed by atoms with Crippen molar-refractivity contribution in [1.29, 1.82) is 0 Å². The molecule has 0 spiro atoms. The van der Waals surface area contributed by atoms with Crippen LogP contribution in [0, 0.1) is 20.8 Å². The van der Waals surface area contributed by atoms with Gasteiger partial charge in [0.05, 0.1) is 18.1 Å². The van der Waals surface area contributed by atoms with Gasteiger partial charge in [-0.3, -0.25) is 0 Å². The van der Waals surface area contributed by atoms with Crippen molar-refractivity contribution in [3.05, 3.63) is 41.2 Å². The van der Waals surface area contributed by atoms with Crippen LogP contribution in [0.4, 0.5) is 0 Å². The predicted octanol–water partition coefficient (Wildman–Crippen LogP) is 2.19. The van der Waals surface area contributed by atoms with Gasteiger partial charge in [0.2, 0.25) is 0 Å². The van der Waals surface area contributed by atoms with E-state index in [9.17, 15) is 0 Å². The van der Waals surface area contributed by atoms with Crippen LogP contribution in [0.15, 0.2) is 24.5 Å². The van der Waals surface area contributed by atoms with Gasteiger partial charge >= 0.3 is 0 Å². The minimum Gasteiger partial charge on any atom is -0.157 e. The molecule has 3 nitrogen and oxygen atoms in total. The Morgan fingerprint density at radius 3 is 2.21 bits per heavy atom. The fraction of sp³-hybridized carbons (Fsp3) is 0.273. The molecule has 0 aliphatic rings. The van der Waals surface area contributed by atoms with Gasteiger partial charge in [-0.25, -0.2) is 0 Å². The number of aryl methyl sites for hydroxylation is 1. The third-order valence-electron chi connectivity index (χ3n) is 2.66. The van der Waals surface area contributed by atoms with Crippen LogP contribution in [0.25, 0.3) is 5.69 Å². The van der Waals surface area contributed by atoms with E-state index in [0.29, 0.717) is 0 Å². The summed E-state index contributed by atoms with van der Waals surface area (Å²) in [6.45, 7) is 6.33. The highest BCUT2D eigenvalue weighted by Crippen LogP contribution is 2.18. The van der Waals surface area contributed by atoms with E-state index < -0.39 is 0 Å². The monoisotopic (exact) mass is 187 g/mol. The van der Waals surface area contributed by atoms with E-state index in [4.69, 9.17) is 0 Å². The Balaban J connectivity index is 2.61. The number of benzene rings is 1. The molecule has 1 heterocycles. The summed E-state index contributed by atoms with van der Waals surface area (Å²) in [5.41, 5.74) is 4.90. The van der Waals surface area contributed by atoms with Crippen molar-refractivity contribution in [3.8, 4) is 5.69 Å². The molecule has 72 valence electrons. The van der Waals surface area contributed by atoms with Gasteiger partial charge in [0, 0.05) is 0 Å². The predicted molar refractivity (Wildman–Crippen MR) is 55.6 cm³/mol. The van der Waals surface area contributed by atoms with Crippen LogP contribution in [0.5, 0.6) is 0 Å². The van der Waals surface area contributed by atoms with Crippen LogP contribution in [0.1, 0.15) is 16.7 Å². The van der Waals surface area contributed by atoms with E-state index in [2.05, 4.69) is 43.1 Å². The molecule has 1 aromatic heterocycles. The molecule has 0 bridgehead atoms. The first-order valence-corrected chi connectivity index (χ1v) is 4.63. The van der Waals surface area contributed by atoms with Crippen molar-refractivity contribution in [3.63, 3.8) is 0 Å². The van der Waals surface area contributed by atoms with Crippen LogP contribution in [-0.4, -0.2) is 15.0 Å². The lowest BCUT2D eigenvalue weighted by Crippen LogP contribution is -2.02. The average molecular weight is 187 g/mol. The first kappa shape index (κ1) is 8.94. The molecule has 0 aliphatic carbocycles. The summed E-state index contributed by atoms with van der Waals surface area (Å²) in [5.74, 6) is 0. The van der Waals surface area contributed by atoms with Gasteiger partial charge in [-0.05, 0) is 43.5 Å². The lowest BCUT2D eigenvalue weighted by molar-refractivity contribution is 0.745. The molecule has 2 rings (SSSR count). The van der Waals surface area contributed by atoms with Gasteiger partial charge in [0.1, 0.15) is 0 Å². The number of hydrogen-bond acceptors (Lipinski definition) is 2. The smallest absolute Gasteiger partial charge is 0.0888 e. The fourth-order valence-electron chi connectivity index (χ4n) is 1.50. The molecule has 0 aliphatic heterocycles. The number of aromatic nitrogens is 3. The third kappa shape index (κ3) is 1.31. The zero-order chi connectivity index (χ0) is 10.1. The maximum atomic E-state index is 4.12. The highest BCUT2D eigenvalue weighted by atomic mass is 15.5. The van der Waals surface area contributed by atoms with Crippen molar-refractivity contribution in [2.45, 2.75) is 20.8 Å².